The molecule has 1 rings (SSSR count). The van der Waals surface area contributed by atoms with Gasteiger partial charge >= 0.3 is 0 Å². The lowest BCUT2D eigenvalue weighted by molar-refractivity contribution is -0.0561. The lowest BCUT2D eigenvalue weighted by Gasteiger charge is -2.41. The Kier molecular flexibility index (Phi) is 2.65. The van der Waals surface area contributed by atoms with Crippen LogP contribution < -0.4 is 0 Å². The number of hydrogen-bond acceptors (Lipinski definition) is 3. The minimum atomic E-state index is 0.246. The molecule has 1 saturated heterocycles. The maximum absolute atomic E-state index is 8.75. The van der Waals surface area contributed by atoms with E-state index in [1.807, 2.05) is 6.92 Å². The molecule has 1 aliphatic heterocycles. The molecule has 1 fully saturated rings. The Morgan fingerprint density at radius 2 is 2.30 bits per heavy atom. The van der Waals surface area contributed by atoms with E-state index in [1.54, 1.807) is 7.11 Å². The molecule has 0 aromatic heterocycles. The topological polar surface area (TPSA) is 32.7 Å². The van der Waals surface area contributed by atoms with Gasteiger partial charge in [-0.3, -0.25) is 4.90 Å². The van der Waals surface area contributed by atoms with E-state index in [9.17, 15) is 0 Å². The standard InChI is InChI=1S/C7H15NO2/c1-6(5-9)8-3-7(4-8)10-2/h6-7,9H,3-5H2,1-2H3/t6-/m0/s1. The van der Waals surface area contributed by atoms with Crippen molar-refractivity contribution in [2.24, 2.45) is 0 Å². The average molecular weight is 145 g/mol. The molecule has 0 saturated carbocycles. The van der Waals surface area contributed by atoms with Crippen LogP contribution in [0.2, 0.25) is 0 Å². The number of rotatable bonds is 3. The highest BCUT2D eigenvalue weighted by Crippen LogP contribution is 2.13. The average Bonchev–Trinajstić information content (AvgIpc) is 1.85. The molecular weight excluding hydrogens is 130 g/mol. The molecule has 0 aliphatic carbocycles. The summed E-state index contributed by atoms with van der Waals surface area (Å²) in [6.45, 7) is 4.21. The van der Waals surface area contributed by atoms with Crippen LogP contribution in [0.25, 0.3) is 0 Å². The Balaban J connectivity index is 2.13. The third-order valence-electron chi connectivity index (χ3n) is 2.10. The highest BCUT2D eigenvalue weighted by molar-refractivity contribution is 4.83. The monoisotopic (exact) mass is 145 g/mol. The van der Waals surface area contributed by atoms with Gasteiger partial charge in [0, 0.05) is 26.2 Å². The Morgan fingerprint density at radius 1 is 1.70 bits per heavy atom. The first kappa shape index (κ1) is 7.98. The summed E-state index contributed by atoms with van der Waals surface area (Å²) in [6, 6.07) is 0.298. The normalized spacial score (nSPS) is 24.3. The lowest BCUT2D eigenvalue weighted by atomic mass is 10.1. The molecule has 0 aromatic carbocycles. The third kappa shape index (κ3) is 1.48. The van der Waals surface area contributed by atoms with Gasteiger partial charge in [-0.15, -0.1) is 0 Å². The van der Waals surface area contributed by atoms with Gasteiger partial charge in [0.15, 0.2) is 0 Å². The molecule has 10 heavy (non-hydrogen) atoms. The molecule has 1 atom stereocenters. The second kappa shape index (κ2) is 3.32. The Morgan fingerprint density at radius 3 is 2.70 bits per heavy atom. The van der Waals surface area contributed by atoms with Crippen LogP contribution in [0.5, 0.6) is 0 Å². The van der Waals surface area contributed by atoms with Crippen molar-refractivity contribution >= 4 is 0 Å². The molecule has 0 amide bonds. The minimum Gasteiger partial charge on any atom is -0.395 e. The van der Waals surface area contributed by atoms with E-state index >= 15 is 0 Å². The number of aliphatic hydroxyl groups excluding tert-OH is 1. The molecular formula is C7H15NO2. The van der Waals surface area contributed by atoms with E-state index < -0.39 is 0 Å². The van der Waals surface area contributed by atoms with Crippen molar-refractivity contribution in [2.75, 3.05) is 26.8 Å². The van der Waals surface area contributed by atoms with Crippen LogP contribution in [0.15, 0.2) is 0 Å². The summed E-state index contributed by atoms with van der Waals surface area (Å²) in [5, 5.41) is 8.75. The molecule has 0 radical (unpaired) electrons. The Bertz CT molecular complexity index is 102. The van der Waals surface area contributed by atoms with Gasteiger partial charge < -0.3 is 9.84 Å². The highest BCUT2D eigenvalue weighted by atomic mass is 16.5. The van der Waals surface area contributed by atoms with Crippen LogP contribution in [0.1, 0.15) is 6.92 Å². The number of ether oxygens (including phenoxy) is 1. The van der Waals surface area contributed by atoms with Gasteiger partial charge in [0.05, 0.1) is 12.7 Å². The Hall–Kier alpha value is -0.120. The predicted octanol–water partition coefficient (Wildman–Crippen LogP) is -0.302. The second-order valence-electron chi connectivity index (χ2n) is 2.84. The van der Waals surface area contributed by atoms with Gasteiger partial charge in [0.2, 0.25) is 0 Å². The van der Waals surface area contributed by atoms with E-state index in [4.69, 9.17) is 9.84 Å². The molecule has 0 aromatic rings. The minimum absolute atomic E-state index is 0.246. The van der Waals surface area contributed by atoms with Crippen molar-refractivity contribution in [3.05, 3.63) is 0 Å². The second-order valence-corrected chi connectivity index (χ2v) is 2.84. The lowest BCUT2D eigenvalue weighted by Crippen LogP contribution is -2.56. The van der Waals surface area contributed by atoms with Crippen molar-refractivity contribution in [2.45, 2.75) is 19.1 Å². The smallest absolute Gasteiger partial charge is 0.0825 e. The SMILES string of the molecule is COC1CN([C@@H](C)CO)C1. The maximum atomic E-state index is 8.75. The van der Waals surface area contributed by atoms with Crippen molar-refractivity contribution in [1.29, 1.82) is 0 Å². The number of aliphatic hydroxyl groups is 1. The summed E-state index contributed by atoms with van der Waals surface area (Å²) < 4.78 is 5.09. The van der Waals surface area contributed by atoms with Crippen LogP contribution in [0.4, 0.5) is 0 Å². The van der Waals surface area contributed by atoms with E-state index in [2.05, 4.69) is 4.90 Å². The van der Waals surface area contributed by atoms with Crippen molar-refractivity contribution in [1.82, 2.24) is 4.90 Å². The molecule has 60 valence electrons. The molecule has 3 nitrogen and oxygen atoms in total. The number of likely N-dealkylation sites (tertiary alicyclic amines) is 1. The van der Waals surface area contributed by atoms with Crippen molar-refractivity contribution < 1.29 is 9.84 Å². The van der Waals surface area contributed by atoms with E-state index in [1.165, 1.54) is 0 Å². The summed E-state index contributed by atoms with van der Waals surface area (Å²) >= 11 is 0. The zero-order valence-electron chi connectivity index (χ0n) is 6.58. The predicted molar refractivity (Wildman–Crippen MR) is 38.9 cm³/mol. The van der Waals surface area contributed by atoms with Gasteiger partial charge in [-0.25, -0.2) is 0 Å². The van der Waals surface area contributed by atoms with Crippen LogP contribution in [-0.4, -0.2) is 49.0 Å². The zero-order chi connectivity index (χ0) is 7.56. The zero-order valence-corrected chi connectivity index (χ0v) is 6.58. The molecule has 1 heterocycles. The first-order valence-corrected chi connectivity index (χ1v) is 3.65. The fourth-order valence-electron chi connectivity index (χ4n) is 1.09. The van der Waals surface area contributed by atoms with Crippen LogP contribution >= 0.6 is 0 Å². The molecule has 0 unspecified atom stereocenters. The van der Waals surface area contributed by atoms with Crippen LogP contribution in [0.3, 0.4) is 0 Å². The quantitative estimate of drug-likeness (QED) is 0.591. The summed E-state index contributed by atoms with van der Waals surface area (Å²) in [4.78, 5) is 2.20. The van der Waals surface area contributed by atoms with E-state index in [-0.39, 0.29) is 6.61 Å². The fourth-order valence-corrected chi connectivity index (χ4v) is 1.09. The largest absolute Gasteiger partial charge is 0.395 e. The number of methoxy groups -OCH3 is 1. The first-order valence-electron chi connectivity index (χ1n) is 3.65. The van der Waals surface area contributed by atoms with Crippen molar-refractivity contribution in [3.8, 4) is 0 Å². The first-order chi connectivity index (χ1) is 4.77. The van der Waals surface area contributed by atoms with E-state index in [0.29, 0.717) is 12.1 Å². The molecule has 1 N–H and O–H groups in total. The molecule has 3 heteroatoms. The number of hydrogen-bond donors (Lipinski definition) is 1. The molecule has 0 spiro atoms. The Labute approximate surface area is 61.6 Å². The van der Waals surface area contributed by atoms with E-state index in [0.717, 1.165) is 13.1 Å². The molecule has 0 bridgehead atoms. The summed E-state index contributed by atoms with van der Waals surface area (Å²) in [5.74, 6) is 0. The fraction of sp³-hybridized carbons (Fsp3) is 1.00. The van der Waals surface area contributed by atoms with Gasteiger partial charge in [0.1, 0.15) is 0 Å². The van der Waals surface area contributed by atoms with Crippen molar-refractivity contribution in [3.63, 3.8) is 0 Å². The third-order valence-corrected chi connectivity index (χ3v) is 2.10. The molecule has 1 aliphatic rings. The van der Waals surface area contributed by atoms with Gasteiger partial charge in [0.25, 0.3) is 0 Å². The highest BCUT2D eigenvalue weighted by Gasteiger charge is 2.29. The number of nitrogens with zero attached hydrogens (tertiary/aromatic N) is 1. The van der Waals surface area contributed by atoms with Crippen LogP contribution in [-0.2, 0) is 4.74 Å². The van der Waals surface area contributed by atoms with Gasteiger partial charge in [-0.1, -0.05) is 0 Å². The van der Waals surface area contributed by atoms with Gasteiger partial charge in [-0.2, -0.15) is 0 Å². The summed E-state index contributed by atoms with van der Waals surface area (Å²) in [5.41, 5.74) is 0. The van der Waals surface area contributed by atoms with Gasteiger partial charge in [-0.05, 0) is 6.92 Å². The summed E-state index contributed by atoms with van der Waals surface area (Å²) in [7, 11) is 1.73. The maximum Gasteiger partial charge on any atom is 0.0825 e. The van der Waals surface area contributed by atoms with Crippen LogP contribution in [0, 0.1) is 0 Å². The summed E-state index contributed by atoms with van der Waals surface area (Å²) in [6.07, 6.45) is 0.397.